The molecule has 8 nitrogen and oxygen atoms in total. The van der Waals surface area contributed by atoms with Gasteiger partial charge in [-0.3, -0.25) is 0 Å². The van der Waals surface area contributed by atoms with Crippen molar-refractivity contribution >= 4 is 49.3 Å². The summed E-state index contributed by atoms with van der Waals surface area (Å²) in [6, 6.07) is 15.2. The minimum Gasteiger partial charge on any atom is -0.356 e. The monoisotopic (exact) mass is 488 g/mol. The van der Waals surface area contributed by atoms with Crippen molar-refractivity contribution in [2.75, 3.05) is 19.4 Å². The predicted molar refractivity (Wildman–Crippen MR) is 130 cm³/mol. The quantitative estimate of drug-likeness (QED) is 0.355. The van der Waals surface area contributed by atoms with Crippen molar-refractivity contribution in [3.8, 4) is 0 Å². The Kier molecular flexibility index (Phi) is 6.79. The number of nitrogens with one attached hydrogen (secondary N) is 1. The van der Waals surface area contributed by atoms with Crippen LogP contribution in [-0.4, -0.2) is 46.6 Å². The number of benzene rings is 2. The van der Waals surface area contributed by atoms with Gasteiger partial charge in [0.1, 0.15) is 5.82 Å². The van der Waals surface area contributed by atoms with Gasteiger partial charge < -0.3 is 9.88 Å². The lowest BCUT2D eigenvalue weighted by atomic mass is 10.2. The summed E-state index contributed by atoms with van der Waals surface area (Å²) in [5, 5.41) is 12.6. The number of aryl methyl sites for hydroxylation is 1. The van der Waals surface area contributed by atoms with Gasteiger partial charge in [-0.15, -0.1) is 10.2 Å². The van der Waals surface area contributed by atoms with Crippen molar-refractivity contribution in [1.29, 1.82) is 0 Å². The number of anilines is 1. The summed E-state index contributed by atoms with van der Waals surface area (Å²) in [4.78, 5) is 4.96. The normalized spacial score (nSPS) is 12.0. The van der Waals surface area contributed by atoms with Gasteiger partial charge in [0.2, 0.25) is 15.2 Å². The van der Waals surface area contributed by atoms with Gasteiger partial charge in [-0.2, -0.15) is 0 Å². The molecule has 0 bridgehead atoms. The molecule has 0 amide bonds. The third-order valence-corrected chi connectivity index (χ3v) is 8.73. The van der Waals surface area contributed by atoms with Crippen LogP contribution in [0.1, 0.15) is 18.3 Å². The molecule has 0 radical (unpaired) electrons. The zero-order valence-electron chi connectivity index (χ0n) is 18.0. The first-order valence-corrected chi connectivity index (χ1v) is 13.3. The first kappa shape index (κ1) is 22.7. The minimum atomic E-state index is -3.50. The maximum absolute atomic E-state index is 12.5. The van der Waals surface area contributed by atoms with Crippen LogP contribution in [0.4, 0.5) is 5.13 Å². The standard InChI is InChI=1S/C21H24N6O2S3/c1-4-27-18-11-10-16(32(28,29)26(2)3)12-17(18)23-19(27)14-30-21-25-24-20(31-21)22-13-15-8-6-5-7-9-15/h5-12H,4,13-14H2,1-3H3,(H,22,24). The second-order valence-corrected chi connectivity index (χ2v) is 11.6. The second kappa shape index (κ2) is 9.57. The Morgan fingerprint density at radius 1 is 1.12 bits per heavy atom. The summed E-state index contributed by atoms with van der Waals surface area (Å²) < 4.78 is 29.1. The molecule has 0 atom stereocenters. The van der Waals surface area contributed by atoms with Crippen LogP contribution in [0, 0.1) is 0 Å². The number of thioether (sulfide) groups is 1. The molecule has 0 unspecified atom stereocenters. The molecular formula is C21H24N6O2S3. The highest BCUT2D eigenvalue weighted by Crippen LogP contribution is 2.30. The fourth-order valence-electron chi connectivity index (χ4n) is 3.23. The zero-order valence-corrected chi connectivity index (χ0v) is 20.5. The van der Waals surface area contributed by atoms with Crippen LogP contribution in [0.25, 0.3) is 11.0 Å². The van der Waals surface area contributed by atoms with E-state index in [1.165, 1.54) is 35.3 Å². The van der Waals surface area contributed by atoms with Gasteiger partial charge in [0.05, 0.1) is 21.7 Å². The molecule has 0 aliphatic heterocycles. The van der Waals surface area contributed by atoms with Crippen LogP contribution in [0.15, 0.2) is 57.8 Å². The number of hydrogen-bond acceptors (Lipinski definition) is 8. The van der Waals surface area contributed by atoms with Crippen LogP contribution < -0.4 is 5.32 Å². The van der Waals surface area contributed by atoms with Crippen molar-refractivity contribution in [1.82, 2.24) is 24.1 Å². The van der Waals surface area contributed by atoms with Crippen molar-refractivity contribution in [2.45, 2.75) is 35.0 Å². The fourth-order valence-corrected chi connectivity index (χ4v) is 5.85. The summed E-state index contributed by atoms with van der Waals surface area (Å²) in [6.07, 6.45) is 0. The third kappa shape index (κ3) is 4.80. The first-order chi connectivity index (χ1) is 15.4. The van der Waals surface area contributed by atoms with Gasteiger partial charge >= 0.3 is 0 Å². The summed E-state index contributed by atoms with van der Waals surface area (Å²) >= 11 is 3.08. The number of rotatable bonds is 9. The largest absolute Gasteiger partial charge is 0.356 e. The summed E-state index contributed by atoms with van der Waals surface area (Å²) in [5.41, 5.74) is 2.78. The van der Waals surface area contributed by atoms with E-state index in [2.05, 4.69) is 39.1 Å². The number of aromatic nitrogens is 4. The van der Waals surface area contributed by atoms with E-state index < -0.39 is 10.0 Å². The second-order valence-electron chi connectivity index (χ2n) is 7.21. The van der Waals surface area contributed by atoms with Crippen molar-refractivity contribution < 1.29 is 8.42 Å². The molecule has 2 aromatic carbocycles. The molecule has 0 fully saturated rings. The summed E-state index contributed by atoms with van der Waals surface area (Å²) in [6.45, 7) is 3.49. The highest BCUT2D eigenvalue weighted by atomic mass is 32.2. The number of nitrogens with zero attached hydrogens (tertiary/aromatic N) is 5. The van der Waals surface area contributed by atoms with Gasteiger partial charge in [-0.25, -0.2) is 17.7 Å². The van der Waals surface area contributed by atoms with E-state index in [0.29, 0.717) is 17.8 Å². The molecule has 11 heteroatoms. The van der Waals surface area contributed by atoms with Gasteiger partial charge in [0.15, 0.2) is 4.34 Å². The fraction of sp³-hybridized carbons (Fsp3) is 0.286. The van der Waals surface area contributed by atoms with E-state index in [1.54, 1.807) is 23.9 Å². The Morgan fingerprint density at radius 2 is 1.91 bits per heavy atom. The Labute approximate surface area is 195 Å². The molecule has 4 aromatic rings. The molecule has 1 N–H and O–H groups in total. The summed E-state index contributed by atoms with van der Waals surface area (Å²) in [7, 11) is -0.451. The van der Waals surface area contributed by atoms with E-state index in [1.807, 2.05) is 24.3 Å². The predicted octanol–water partition coefficient (Wildman–Crippen LogP) is 4.06. The Bertz CT molecular complexity index is 1320. The Balaban J connectivity index is 1.48. The maximum Gasteiger partial charge on any atom is 0.242 e. The molecule has 32 heavy (non-hydrogen) atoms. The molecule has 0 aliphatic rings. The molecule has 168 valence electrons. The van der Waals surface area contributed by atoms with Gasteiger partial charge in [0, 0.05) is 27.2 Å². The van der Waals surface area contributed by atoms with Crippen molar-refractivity contribution in [3.05, 3.63) is 59.9 Å². The molecule has 0 saturated carbocycles. The molecule has 0 spiro atoms. The molecule has 0 saturated heterocycles. The van der Waals surface area contributed by atoms with E-state index in [4.69, 9.17) is 4.98 Å². The first-order valence-electron chi connectivity index (χ1n) is 10.0. The topological polar surface area (TPSA) is 93.0 Å². The van der Waals surface area contributed by atoms with Gasteiger partial charge in [0.25, 0.3) is 0 Å². The van der Waals surface area contributed by atoms with E-state index in [0.717, 1.165) is 27.4 Å². The minimum absolute atomic E-state index is 0.244. The van der Waals surface area contributed by atoms with Crippen molar-refractivity contribution in [2.24, 2.45) is 0 Å². The SMILES string of the molecule is CCn1c(CSc2nnc(NCc3ccccc3)s2)nc2cc(S(=O)(=O)N(C)C)ccc21. The zero-order chi connectivity index (χ0) is 22.7. The van der Waals surface area contributed by atoms with E-state index in [9.17, 15) is 8.42 Å². The lowest BCUT2D eigenvalue weighted by molar-refractivity contribution is 0.521. The number of imidazole rings is 1. The molecule has 2 heterocycles. The molecule has 0 aliphatic carbocycles. The number of sulfonamides is 1. The van der Waals surface area contributed by atoms with Crippen LogP contribution in [0.5, 0.6) is 0 Å². The third-order valence-electron chi connectivity index (χ3n) is 4.91. The Hall–Kier alpha value is -2.47. The number of fused-ring (bicyclic) bond motifs is 1. The average molecular weight is 489 g/mol. The Morgan fingerprint density at radius 3 is 2.62 bits per heavy atom. The maximum atomic E-state index is 12.5. The molecule has 2 aromatic heterocycles. The van der Waals surface area contributed by atoms with Crippen LogP contribution in [-0.2, 0) is 28.9 Å². The lowest BCUT2D eigenvalue weighted by Gasteiger charge is -2.11. The highest BCUT2D eigenvalue weighted by Gasteiger charge is 2.19. The lowest BCUT2D eigenvalue weighted by Crippen LogP contribution is -2.22. The van der Waals surface area contributed by atoms with Crippen molar-refractivity contribution in [3.63, 3.8) is 0 Å². The van der Waals surface area contributed by atoms with Crippen LogP contribution in [0.3, 0.4) is 0 Å². The molecular weight excluding hydrogens is 464 g/mol. The molecule has 4 rings (SSSR count). The van der Waals surface area contributed by atoms with Gasteiger partial charge in [-0.1, -0.05) is 53.4 Å². The highest BCUT2D eigenvalue weighted by molar-refractivity contribution is 8.00. The van der Waals surface area contributed by atoms with Gasteiger partial charge in [-0.05, 0) is 30.7 Å². The summed E-state index contributed by atoms with van der Waals surface area (Å²) in [5.74, 6) is 1.49. The number of hydrogen-bond donors (Lipinski definition) is 1. The smallest absolute Gasteiger partial charge is 0.242 e. The van der Waals surface area contributed by atoms with Crippen LogP contribution in [0.2, 0.25) is 0 Å². The van der Waals surface area contributed by atoms with E-state index >= 15 is 0 Å². The van der Waals surface area contributed by atoms with E-state index in [-0.39, 0.29) is 4.90 Å². The average Bonchev–Trinajstić information content (AvgIpc) is 3.40. The van der Waals surface area contributed by atoms with Crippen LogP contribution >= 0.6 is 23.1 Å².